The lowest BCUT2D eigenvalue weighted by molar-refractivity contribution is -0.127. The smallest absolute Gasteiger partial charge is 0.294 e. The average molecular weight is 396 g/mol. The number of carbonyl (C=O) groups is 3. The van der Waals surface area contributed by atoms with Crippen molar-refractivity contribution in [1.29, 1.82) is 0 Å². The average Bonchev–Trinajstić information content (AvgIpc) is 2.93. The SMILES string of the molecule is CCOc1ccccc1/C=C1\SC(=O)N(CC(=O)Nc2ccc(C)cc2)C1=O. The second-order valence-electron chi connectivity index (χ2n) is 6.15. The number of anilines is 1. The van der Waals surface area contributed by atoms with Crippen molar-refractivity contribution in [3.63, 3.8) is 0 Å². The highest BCUT2D eigenvalue weighted by Gasteiger charge is 2.36. The summed E-state index contributed by atoms with van der Waals surface area (Å²) in [6.07, 6.45) is 1.62. The molecule has 0 unspecified atom stereocenters. The minimum absolute atomic E-state index is 0.264. The third kappa shape index (κ3) is 4.61. The summed E-state index contributed by atoms with van der Waals surface area (Å²) in [6.45, 7) is 3.98. The van der Waals surface area contributed by atoms with Gasteiger partial charge < -0.3 is 10.1 Å². The van der Waals surface area contributed by atoms with Crippen molar-refractivity contribution in [1.82, 2.24) is 4.90 Å². The van der Waals surface area contributed by atoms with Crippen molar-refractivity contribution in [2.45, 2.75) is 13.8 Å². The Morgan fingerprint density at radius 1 is 1.14 bits per heavy atom. The van der Waals surface area contributed by atoms with Gasteiger partial charge in [0.25, 0.3) is 11.1 Å². The van der Waals surface area contributed by atoms with Gasteiger partial charge in [-0.15, -0.1) is 0 Å². The van der Waals surface area contributed by atoms with Crippen LogP contribution in [0.5, 0.6) is 5.75 Å². The highest BCUT2D eigenvalue weighted by Crippen LogP contribution is 2.33. The van der Waals surface area contributed by atoms with Gasteiger partial charge in [-0.05, 0) is 49.9 Å². The molecule has 2 aromatic rings. The van der Waals surface area contributed by atoms with Crippen molar-refractivity contribution in [2.24, 2.45) is 0 Å². The molecule has 6 nitrogen and oxygen atoms in total. The van der Waals surface area contributed by atoms with Crippen molar-refractivity contribution in [2.75, 3.05) is 18.5 Å². The number of nitrogens with one attached hydrogen (secondary N) is 1. The molecule has 7 heteroatoms. The zero-order chi connectivity index (χ0) is 20.1. The van der Waals surface area contributed by atoms with E-state index in [-0.39, 0.29) is 11.4 Å². The van der Waals surface area contributed by atoms with E-state index in [1.165, 1.54) is 0 Å². The standard InChI is InChI=1S/C21H20N2O4S/c1-3-27-17-7-5-4-6-15(17)12-18-20(25)23(21(26)28-18)13-19(24)22-16-10-8-14(2)9-11-16/h4-12H,3,13H2,1-2H3,(H,22,24)/b18-12-. The van der Waals surface area contributed by atoms with Crippen LogP contribution >= 0.6 is 11.8 Å². The number of nitrogens with zero attached hydrogens (tertiary/aromatic N) is 1. The predicted octanol–water partition coefficient (Wildman–Crippen LogP) is 4.07. The molecule has 28 heavy (non-hydrogen) atoms. The van der Waals surface area contributed by atoms with Crippen LogP contribution in [0.15, 0.2) is 53.4 Å². The molecular formula is C21H20N2O4S. The van der Waals surface area contributed by atoms with Crippen molar-refractivity contribution >= 4 is 40.6 Å². The molecule has 0 aliphatic carbocycles. The van der Waals surface area contributed by atoms with E-state index in [0.29, 0.717) is 23.6 Å². The van der Waals surface area contributed by atoms with E-state index in [1.54, 1.807) is 24.3 Å². The third-order valence-corrected chi connectivity index (χ3v) is 4.92. The van der Waals surface area contributed by atoms with Gasteiger partial charge in [0.1, 0.15) is 12.3 Å². The molecule has 0 spiro atoms. The molecule has 1 saturated heterocycles. The van der Waals surface area contributed by atoms with Gasteiger partial charge in [0.2, 0.25) is 5.91 Å². The first-order valence-electron chi connectivity index (χ1n) is 8.81. The second-order valence-corrected chi connectivity index (χ2v) is 7.15. The number of rotatable bonds is 6. The van der Waals surface area contributed by atoms with Crippen LogP contribution in [0, 0.1) is 6.92 Å². The van der Waals surface area contributed by atoms with E-state index in [2.05, 4.69) is 5.32 Å². The van der Waals surface area contributed by atoms with Gasteiger partial charge in [0, 0.05) is 11.3 Å². The molecule has 144 valence electrons. The Balaban J connectivity index is 1.71. The van der Waals surface area contributed by atoms with E-state index >= 15 is 0 Å². The van der Waals surface area contributed by atoms with Crippen molar-refractivity contribution in [3.8, 4) is 5.75 Å². The van der Waals surface area contributed by atoms with E-state index in [4.69, 9.17) is 4.74 Å². The topological polar surface area (TPSA) is 75.7 Å². The summed E-state index contributed by atoms with van der Waals surface area (Å²) in [4.78, 5) is 38.3. The van der Waals surface area contributed by atoms with Crippen molar-refractivity contribution < 1.29 is 19.1 Å². The Labute approximate surface area is 167 Å². The minimum atomic E-state index is -0.486. The van der Waals surface area contributed by atoms with Crippen molar-refractivity contribution in [3.05, 3.63) is 64.6 Å². The van der Waals surface area contributed by atoms with Crippen LogP contribution < -0.4 is 10.1 Å². The molecule has 1 aliphatic rings. The molecule has 0 saturated carbocycles. The summed E-state index contributed by atoms with van der Waals surface area (Å²) < 4.78 is 5.55. The fourth-order valence-corrected chi connectivity index (χ4v) is 3.47. The molecule has 3 rings (SSSR count). The van der Waals surface area contributed by atoms with Crippen LogP contribution in [0.4, 0.5) is 10.5 Å². The molecule has 2 aromatic carbocycles. The van der Waals surface area contributed by atoms with Crippen LogP contribution in [0.2, 0.25) is 0 Å². The maximum absolute atomic E-state index is 12.6. The number of para-hydroxylation sites is 1. The lowest BCUT2D eigenvalue weighted by Crippen LogP contribution is -2.36. The maximum Gasteiger partial charge on any atom is 0.294 e. The molecule has 1 aliphatic heterocycles. The number of thioether (sulfide) groups is 1. The van der Waals surface area contributed by atoms with Crippen LogP contribution in [0.3, 0.4) is 0 Å². The van der Waals surface area contributed by atoms with Crippen LogP contribution in [-0.4, -0.2) is 35.1 Å². The van der Waals surface area contributed by atoms with Gasteiger partial charge >= 0.3 is 0 Å². The number of carbonyl (C=O) groups excluding carboxylic acids is 3. The van der Waals surface area contributed by atoms with Gasteiger partial charge in [0.15, 0.2) is 0 Å². The molecule has 1 heterocycles. The monoisotopic (exact) mass is 396 g/mol. The highest BCUT2D eigenvalue weighted by atomic mass is 32.2. The normalized spacial score (nSPS) is 15.2. The quantitative estimate of drug-likeness (QED) is 0.745. The van der Waals surface area contributed by atoms with Gasteiger partial charge in [0.05, 0.1) is 11.5 Å². The first kappa shape index (κ1) is 19.7. The minimum Gasteiger partial charge on any atom is -0.493 e. The van der Waals surface area contributed by atoms with E-state index in [9.17, 15) is 14.4 Å². The lowest BCUT2D eigenvalue weighted by atomic mass is 10.2. The summed E-state index contributed by atoms with van der Waals surface area (Å²) in [5.74, 6) is -0.281. The molecule has 0 atom stereocenters. The Bertz CT molecular complexity index is 938. The summed E-state index contributed by atoms with van der Waals surface area (Å²) in [5.41, 5.74) is 2.39. The molecule has 0 radical (unpaired) electrons. The summed E-state index contributed by atoms with van der Waals surface area (Å²) >= 11 is 0.817. The van der Waals surface area contributed by atoms with Crippen LogP contribution in [-0.2, 0) is 9.59 Å². The summed E-state index contributed by atoms with van der Waals surface area (Å²) in [7, 11) is 0. The number of ether oxygens (including phenoxy) is 1. The number of benzene rings is 2. The fourth-order valence-electron chi connectivity index (χ4n) is 2.65. The molecular weight excluding hydrogens is 376 g/mol. The second kappa shape index (κ2) is 8.75. The first-order chi connectivity index (χ1) is 13.5. The molecule has 0 bridgehead atoms. The Morgan fingerprint density at radius 2 is 1.86 bits per heavy atom. The molecule has 1 N–H and O–H groups in total. The van der Waals surface area contributed by atoms with Gasteiger partial charge in [-0.2, -0.15) is 0 Å². The highest BCUT2D eigenvalue weighted by molar-refractivity contribution is 8.18. The van der Waals surface area contributed by atoms with E-state index < -0.39 is 17.1 Å². The molecule has 0 aromatic heterocycles. The zero-order valence-electron chi connectivity index (χ0n) is 15.6. The molecule has 3 amide bonds. The Kier molecular flexibility index (Phi) is 6.16. The number of hydrogen-bond acceptors (Lipinski definition) is 5. The van der Waals surface area contributed by atoms with E-state index in [1.807, 2.05) is 44.2 Å². The predicted molar refractivity (Wildman–Crippen MR) is 110 cm³/mol. The van der Waals surface area contributed by atoms with Gasteiger partial charge in [-0.1, -0.05) is 35.9 Å². The Hall–Kier alpha value is -3.06. The maximum atomic E-state index is 12.6. The largest absolute Gasteiger partial charge is 0.493 e. The summed E-state index contributed by atoms with van der Waals surface area (Å²) in [5, 5.41) is 2.23. The Morgan fingerprint density at radius 3 is 2.57 bits per heavy atom. The fraction of sp³-hybridized carbons (Fsp3) is 0.190. The third-order valence-electron chi connectivity index (χ3n) is 4.02. The summed E-state index contributed by atoms with van der Waals surface area (Å²) in [6, 6.07) is 14.6. The van der Waals surface area contributed by atoms with Crippen LogP contribution in [0.25, 0.3) is 6.08 Å². The number of aryl methyl sites for hydroxylation is 1. The number of amides is 3. The number of hydrogen-bond donors (Lipinski definition) is 1. The van der Waals surface area contributed by atoms with Gasteiger partial charge in [-0.3, -0.25) is 19.3 Å². The number of imide groups is 1. The first-order valence-corrected chi connectivity index (χ1v) is 9.63. The van der Waals surface area contributed by atoms with E-state index in [0.717, 1.165) is 22.2 Å². The van der Waals surface area contributed by atoms with Gasteiger partial charge in [-0.25, -0.2) is 0 Å². The van der Waals surface area contributed by atoms with Crippen LogP contribution in [0.1, 0.15) is 18.1 Å². The molecule has 1 fully saturated rings. The lowest BCUT2D eigenvalue weighted by Gasteiger charge is -2.12. The zero-order valence-corrected chi connectivity index (χ0v) is 16.4.